The van der Waals surface area contributed by atoms with Crippen LogP contribution in [-0.2, 0) is 0 Å². The van der Waals surface area contributed by atoms with Gasteiger partial charge in [-0.05, 0) is 42.5 Å². The molecule has 0 amide bonds. The van der Waals surface area contributed by atoms with Crippen molar-refractivity contribution in [1.82, 2.24) is 0 Å². The molecule has 5 heteroatoms. The van der Waals surface area contributed by atoms with Gasteiger partial charge < -0.3 is 13.9 Å². The molecule has 0 saturated carbocycles. The highest BCUT2D eigenvalue weighted by Gasteiger charge is 2.11. The zero-order chi connectivity index (χ0) is 17.1. The van der Waals surface area contributed by atoms with Crippen LogP contribution in [0, 0.1) is 0 Å². The predicted octanol–water partition coefficient (Wildman–Crippen LogP) is 5.11. The Kier molecular flexibility index (Phi) is 4.71. The van der Waals surface area contributed by atoms with E-state index in [4.69, 9.17) is 13.9 Å². The van der Waals surface area contributed by atoms with Gasteiger partial charge in [-0.2, -0.15) is 0 Å². The fraction of sp³-hybridized carbons (Fsp3) is 0.105. The Bertz CT molecular complexity index is 924. The van der Waals surface area contributed by atoms with Crippen molar-refractivity contribution in [3.8, 4) is 11.5 Å². The zero-order valence-electron chi connectivity index (χ0n) is 13.2. The molecular weight excluding hydrogens is 372 g/mol. The largest absolute Gasteiger partial charge is 0.493 e. The summed E-state index contributed by atoms with van der Waals surface area (Å²) in [5, 5.41) is 0.875. The molecule has 0 bridgehead atoms. The second kappa shape index (κ2) is 6.93. The first-order chi connectivity index (χ1) is 11.6. The number of benzene rings is 2. The van der Waals surface area contributed by atoms with Crippen molar-refractivity contribution in [3.63, 3.8) is 0 Å². The maximum absolute atomic E-state index is 12.4. The standard InChI is InChI=1S/C19H15BrO4/c1-22-17-5-3-4-12(19(17)23-2)6-8-15(21)18-11-13-10-14(20)7-9-16(13)24-18/h3-11H,1-2H3/b8-6+. The summed E-state index contributed by atoms with van der Waals surface area (Å²) in [6, 6.07) is 12.8. The molecule has 4 nitrogen and oxygen atoms in total. The number of carbonyl (C=O) groups is 1. The SMILES string of the molecule is COc1cccc(/C=C/C(=O)c2cc3cc(Br)ccc3o2)c1OC. The van der Waals surface area contributed by atoms with Gasteiger partial charge in [-0.15, -0.1) is 0 Å². The van der Waals surface area contributed by atoms with Crippen LogP contribution in [0.25, 0.3) is 17.0 Å². The normalized spacial score (nSPS) is 11.1. The summed E-state index contributed by atoms with van der Waals surface area (Å²) in [7, 11) is 3.14. The Morgan fingerprint density at radius 2 is 1.96 bits per heavy atom. The minimum absolute atomic E-state index is 0.216. The Labute approximate surface area is 147 Å². The van der Waals surface area contributed by atoms with Gasteiger partial charge in [0.05, 0.1) is 14.2 Å². The van der Waals surface area contributed by atoms with Crippen LogP contribution in [0.4, 0.5) is 0 Å². The van der Waals surface area contributed by atoms with Crippen molar-refractivity contribution >= 4 is 38.8 Å². The molecule has 3 rings (SSSR count). The van der Waals surface area contributed by atoms with Crippen LogP contribution in [0.15, 0.2) is 57.4 Å². The number of rotatable bonds is 5. The predicted molar refractivity (Wildman–Crippen MR) is 96.8 cm³/mol. The van der Waals surface area contributed by atoms with Crippen LogP contribution >= 0.6 is 15.9 Å². The molecule has 0 saturated heterocycles. The van der Waals surface area contributed by atoms with Crippen LogP contribution in [0.1, 0.15) is 16.1 Å². The molecule has 1 heterocycles. The van der Waals surface area contributed by atoms with E-state index in [0.29, 0.717) is 22.8 Å². The van der Waals surface area contributed by atoms with Crippen molar-refractivity contribution in [2.24, 2.45) is 0 Å². The van der Waals surface area contributed by atoms with Gasteiger partial charge in [0.15, 0.2) is 17.3 Å². The summed E-state index contributed by atoms with van der Waals surface area (Å²) in [5.41, 5.74) is 1.43. The summed E-state index contributed by atoms with van der Waals surface area (Å²) >= 11 is 3.40. The number of ketones is 1. The van der Waals surface area contributed by atoms with E-state index in [0.717, 1.165) is 15.4 Å². The average molecular weight is 387 g/mol. The smallest absolute Gasteiger partial charge is 0.221 e. The van der Waals surface area contributed by atoms with Crippen LogP contribution in [0.3, 0.4) is 0 Å². The fourth-order valence-electron chi connectivity index (χ4n) is 2.43. The molecule has 2 aromatic carbocycles. The molecule has 0 spiro atoms. The molecule has 0 aliphatic heterocycles. The maximum Gasteiger partial charge on any atom is 0.221 e. The van der Waals surface area contributed by atoms with Crippen molar-refractivity contribution in [2.75, 3.05) is 14.2 Å². The first-order valence-corrected chi connectivity index (χ1v) is 8.04. The number of furan rings is 1. The van der Waals surface area contributed by atoms with Crippen LogP contribution in [0.5, 0.6) is 11.5 Å². The highest BCUT2D eigenvalue weighted by molar-refractivity contribution is 9.10. The van der Waals surface area contributed by atoms with Crippen LogP contribution in [0.2, 0.25) is 0 Å². The molecule has 122 valence electrons. The molecule has 0 aliphatic carbocycles. The van der Waals surface area contributed by atoms with Crippen molar-refractivity contribution < 1.29 is 18.7 Å². The Morgan fingerprint density at radius 1 is 1.12 bits per heavy atom. The molecule has 0 aliphatic rings. The average Bonchev–Trinajstić information content (AvgIpc) is 3.02. The topological polar surface area (TPSA) is 48.7 Å². The summed E-state index contributed by atoms with van der Waals surface area (Å²) in [6.07, 6.45) is 3.15. The van der Waals surface area contributed by atoms with Crippen LogP contribution < -0.4 is 9.47 Å². The van der Waals surface area contributed by atoms with E-state index in [-0.39, 0.29) is 5.78 Å². The maximum atomic E-state index is 12.4. The molecule has 0 unspecified atom stereocenters. The number of carbonyl (C=O) groups excluding carboxylic acids is 1. The third-order valence-electron chi connectivity index (χ3n) is 3.57. The first-order valence-electron chi connectivity index (χ1n) is 7.25. The first kappa shape index (κ1) is 16.3. The molecule has 0 radical (unpaired) electrons. The van der Waals surface area contributed by atoms with Crippen LogP contribution in [-0.4, -0.2) is 20.0 Å². The van der Waals surface area contributed by atoms with Gasteiger partial charge in [0.25, 0.3) is 0 Å². The lowest BCUT2D eigenvalue weighted by Crippen LogP contribution is -1.94. The lowest BCUT2D eigenvalue weighted by molar-refractivity contribution is 0.102. The van der Waals surface area contributed by atoms with Crippen molar-refractivity contribution in [3.05, 3.63) is 64.3 Å². The summed E-state index contributed by atoms with van der Waals surface area (Å²) in [6.45, 7) is 0. The second-order valence-corrected chi connectivity index (χ2v) is 5.99. The Morgan fingerprint density at radius 3 is 2.71 bits per heavy atom. The number of hydrogen-bond donors (Lipinski definition) is 0. The highest BCUT2D eigenvalue weighted by atomic mass is 79.9. The Hall–Kier alpha value is -2.53. The van der Waals surface area contributed by atoms with Crippen molar-refractivity contribution in [2.45, 2.75) is 0 Å². The molecular formula is C19H15BrO4. The molecule has 24 heavy (non-hydrogen) atoms. The summed E-state index contributed by atoms with van der Waals surface area (Å²) in [4.78, 5) is 12.4. The number of methoxy groups -OCH3 is 2. The molecule has 3 aromatic rings. The zero-order valence-corrected chi connectivity index (χ0v) is 14.8. The second-order valence-electron chi connectivity index (χ2n) is 5.07. The number of allylic oxidation sites excluding steroid dienone is 1. The molecule has 1 aromatic heterocycles. The molecule has 0 N–H and O–H groups in total. The van der Waals surface area contributed by atoms with E-state index in [1.54, 1.807) is 32.4 Å². The van der Waals surface area contributed by atoms with E-state index >= 15 is 0 Å². The van der Waals surface area contributed by atoms with Gasteiger partial charge in [-0.1, -0.05) is 28.1 Å². The van der Waals surface area contributed by atoms with E-state index < -0.39 is 0 Å². The van der Waals surface area contributed by atoms with Gasteiger partial charge in [0, 0.05) is 15.4 Å². The quantitative estimate of drug-likeness (QED) is 0.451. The monoisotopic (exact) mass is 386 g/mol. The number of ether oxygens (including phenoxy) is 2. The number of hydrogen-bond acceptors (Lipinski definition) is 4. The van der Waals surface area contributed by atoms with Gasteiger partial charge in [-0.25, -0.2) is 0 Å². The third-order valence-corrected chi connectivity index (χ3v) is 4.06. The minimum atomic E-state index is -0.216. The lowest BCUT2D eigenvalue weighted by Gasteiger charge is -2.09. The molecule has 0 atom stereocenters. The number of para-hydroxylation sites is 1. The fourth-order valence-corrected chi connectivity index (χ4v) is 2.81. The Balaban J connectivity index is 1.89. The number of halogens is 1. The van der Waals surface area contributed by atoms with E-state index in [9.17, 15) is 4.79 Å². The summed E-state index contributed by atoms with van der Waals surface area (Å²) < 4.78 is 17.1. The van der Waals surface area contributed by atoms with Gasteiger partial charge in [0.2, 0.25) is 5.78 Å². The van der Waals surface area contributed by atoms with Gasteiger partial charge in [-0.3, -0.25) is 4.79 Å². The van der Waals surface area contributed by atoms with Gasteiger partial charge in [0.1, 0.15) is 5.58 Å². The molecule has 0 fully saturated rings. The van der Waals surface area contributed by atoms with E-state index in [2.05, 4.69) is 15.9 Å². The summed E-state index contributed by atoms with van der Waals surface area (Å²) in [5.74, 6) is 1.27. The highest BCUT2D eigenvalue weighted by Crippen LogP contribution is 2.31. The number of fused-ring (bicyclic) bond motifs is 1. The van der Waals surface area contributed by atoms with E-state index in [1.165, 1.54) is 6.08 Å². The third kappa shape index (κ3) is 3.21. The minimum Gasteiger partial charge on any atom is -0.493 e. The lowest BCUT2D eigenvalue weighted by atomic mass is 10.1. The van der Waals surface area contributed by atoms with Crippen molar-refractivity contribution in [1.29, 1.82) is 0 Å². The van der Waals surface area contributed by atoms with Gasteiger partial charge >= 0.3 is 0 Å². The van der Waals surface area contributed by atoms with E-state index in [1.807, 2.05) is 30.3 Å².